The standard InChI is InChI=1S/C14H21NS/c1-13(10-12-16-2)15-11-6-9-14-7-4-3-5-8-14/h3-9,13,15H,10-12H2,1-2H3/b9-6+. The Morgan fingerprint density at radius 2 is 2.06 bits per heavy atom. The molecular formula is C14H21NS. The van der Waals surface area contributed by atoms with Crippen LogP contribution in [0, 0.1) is 0 Å². The van der Waals surface area contributed by atoms with Crippen LogP contribution in [0.1, 0.15) is 18.9 Å². The monoisotopic (exact) mass is 235 g/mol. The summed E-state index contributed by atoms with van der Waals surface area (Å²) in [4.78, 5) is 0. The molecule has 0 fully saturated rings. The molecule has 1 unspecified atom stereocenters. The number of benzene rings is 1. The Kier molecular flexibility index (Phi) is 7.02. The van der Waals surface area contributed by atoms with Crippen molar-refractivity contribution < 1.29 is 0 Å². The zero-order chi connectivity index (χ0) is 11.6. The number of hydrogen-bond donors (Lipinski definition) is 1. The van der Waals surface area contributed by atoms with Crippen LogP contribution in [-0.4, -0.2) is 24.6 Å². The number of nitrogens with one attached hydrogen (secondary N) is 1. The second kappa shape index (κ2) is 8.43. The average Bonchev–Trinajstić information content (AvgIpc) is 2.33. The predicted molar refractivity (Wildman–Crippen MR) is 75.9 cm³/mol. The fourth-order valence-electron chi connectivity index (χ4n) is 1.43. The van der Waals surface area contributed by atoms with Gasteiger partial charge in [-0.2, -0.15) is 11.8 Å². The summed E-state index contributed by atoms with van der Waals surface area (Å²) in [5.74, 6) is 1.23. The van der Waals surface area contributed by atoms with Crippen LogP contribution in [-0.2, 0) is 0 Å². The first-order chi connectivity index (χ1) is 7.83. The highest BCUT2D eigenvalue weighted by atomic mass is 32.2. The van der Waals surface area contributed by atoms with E-state index in [2.05, 4.69) is 54.9 Å². The molecule has 1 N–H and O–H groups in total. The molecule has 0 bridgehead atoms. The summed E-state index contributed by atoms with van der Waals surface area (Å²) in [5, 5.41) is 3.49. The Hall–Kier alpha value is -0.730. The van der Waals surface area contributed by atoms with E-state index in [-0.39, 0.29) is 0 Å². The van der Waals surface area contributed by atoms with E-state index in [1.165, 1.54) is 17.7 Å². The van der Waals surface area contributed by atoms with Gasteiger partial charge < -0.3 is 5.32 Å². The molecule has 0 aliphatic heterocycles. The van der Waals surface area contributed by atoms with Crippen LogP contribution in [0.4, 0.5) is 0 Å². The lowest BCUT2D eigenvalue weighted by Crippen LogP contribution is -2.26. The highest BCUT2D eigenvalue weighted by Crippen LogP contribution is 2.01. The lowest BCUT2D eigenvalue weighted by Gasteiger charge is -2.10. The van der Waals surface area contributed by atoms with Crippen molar-refractivity contribution in [1.29, 1.82) is 0 Å². The van der Waals surface area contributed by atoms with E-state index in [1.54, 1.807) is 0 Å². The minimum atomic E-state index is 0.605. The van der Waals surface area contributed by atoms with Crippen LogP contribution in [0.5, 0.6) is 0 Å². The molecular weight excluding hydrogens is 214 g/mol. The van der Waals surface area contributed by atoms with Gasteiger partial charge in [-0.05, 0) is 30.9 Å². The quantitative estimate of drug-likeness (QED) is 0.777. The molecule has 1 aromatic rings. The van der Waals surface area contributed by atoms with E-state index < -0.39 is 0 Å². The zero-order valence-corrected chi connectivity index (χ0v) is 11.0. The maximum Gasteiger partial charge on any atom is 0.0140 e. The Labute approximate surface area is 103 Å². The summed E-state index contributed by atoms with van der Waals surface area (Å²) >= 11 is 1.91. The molecule has 0 saturated carbocycles. The molecule has 1 aromatic carbocycles. The smallest absolute Gasteiger partial charge is 0.0140 e. The summed E-state index contributed by atoms with van der Waals surface area (Å²) in [7, 11) is 0. The molecule has 0 amide bonds. The third kappa shape index (κ3) is 5.99. The molecule has 2 heteroatoms. The largest absolute Gasteiger partial charge is 0.311 e. The van der Waals surface area contributed by atoms with Gasteiger partial charge in [0.15, 0.2) is 0 Å². The molecule has 0 aliphatic carbocycles. The van der Waals surface area contributed by atoms with Crippen molar-refractivity contribution in [2.24, 2.45) is 0 Å². The first-order valence-corrected chi connectivity index (χ1v) is 7.16. The van der Waals surface area contributed by atoms with Crippen molar-refractivity contribution in [3.8, 4) is 0 Å². The lowest BCUT2D eigenvalue weighted by atomic mass is 10.2. The van der Waals surface area contributed by atoms with Crippen molar-refractivity contribution in [3.05, 3.63) is 42.0 Å². The van der Waals surface area contributed by atoms with Crippen molar-refractivity contribution >= 4 is 17.8 Å². The highest BCUT2D eigenvalue weighted by molar-refractivity contribution is 7.98. The molecule has 1 nitrogen and oxygen atoms in total. The molecule has 0 aliphatic rings. The molecule has 88 valence electrons. The summed E-state index contributed by atoms with van der Waals surface area (Å²) in [5.41, 5.74) is 1.26. The van der Waals surface area contributed by atoms with Crippen molar-refractivity contribution in [2.45, 2.75) is 19.4 Å². The Bertz CT molecular complexity index is 295. The van der Waals surface area contributed by atoms with Gasteiger partial charge in [-0.1, -0.05) is 42.5 Å². The van der Waals surface area contributed by atoms with Crippen LogP contribution in [0.25, 0.3) is 6.08 Å². The molecule has 0 spiro atoms. The van der Waals surface area contributed by atoms with Crippen molar-refractivity contribution in [2.75, 3.05) is 18.6 Å². The first-order valence-electron chi connectivity index (χ1n) is 5.77. The minimum Gasteiger partial charge on any atom is -0.311 e. The topological polar surface area (TPSA) is 12.0 Å². The zero-order valence-electron chi connectivity index (χ0n) is 10.1. The van der Waals surface area contributed by atoms with Crippen LogP contribution in [0.3, 0.4) is 0 Å². The van der Waals surface area contributed by atoms with E-state index in [0.717, 1.165) is 6.54 Å². The van der Waals surface area contributed by atoms with Crippen molar-refractivity contribution in [1.82, 2.24) is 5.32 Å². The van der Waals surface area contributed by atoms with Crippen LogP contribution in [0.2, 0.25) is 0 Å². The van der Waals surface area contributed by atoms with Gasteiger partial charge in [0.1, 0.15) is 0 Å². The summed E-state index contributed by atoms with van der Waals surface area (Å²) in [6.07, 6.45) is 7.74. The maximum absolute atomic E-state index is 3.49. The minimum absolute atomic E-state index is 0.605. The van der Waals surface area contributed by atoms with Gasteiger partial charge in [0.25, 0.3) is 0 Å². The molecule has 1 atom stereocenters. The van der Waals surface area contributed by atoms with E-state index in [9.17, 15) is 0 Å². The summed E-state index contributed by atoms with van der Waals surface area (Å²) in [6.45, 7) is 3.19. The molecule has 1 rings (SSSR count). The third-order valence-corrected chi connectivity index (χ3v) is 3.09. The van der Waals surface area contributed by atoms with Crippen LogP contribution >= 0.6 is 11.8 Å². The van der Waals surface area contributed by atoms with Gasteiger partial charge >= 0.3 is 0 Å². The normalized spacial score (nSPS) is 13.1. The average molecular weight is 235 g/mol. The maximum atomic E-state index is 3.49. The van der Waals surface area contributed by atoms with Gasteiger partial charge in [-0.25, -0.2) is 0 Å². The van der Waals surface area contributed by atoms with Gasteiger partial charge in [0, 0.05) is 12.6 Å². The third-order valence-electron chi connectivity index (χ3n) is 2.45. The fraction of sp³-hybridized carbons (Fsp3) is 0.429. The molecule has 16 heavy (non-hydrogen) atoms. The lowest BCUT2D eigenvalue weighted by molar-refractivity contribution is 0.572. The van der Waals surface area contributed by atoms with Gasteiger partial charge in [-0.3, -0.25) is 0 Å². The number of thioether (sulfide) groups is 1. The molecule has 0 radical (unpaired) electrons. The Morgan fingerprint density at radius 3 is 2.75 bits per heavy atom. The van der Waals surface area contributed by atoms with Crippen LogP contribution in [0.15, 0.2) is 36.4 Å². The van der Waals surface area contributed by atoms with E-state index in [1.807, 2.05) is 17.8 Å². The van der Waals surface area contributed by atoms with Crippen LogP contribution < -0.4 is 5.32 Å². The SMILES string of the molecule is CSCCC(C)NC/C=C/c1ccccc1. The number of hydrogen-bond acceptors (Lipinski definition) is 2. The Morgan fingerprint density at radius 1 is 1.31 bits per heavy atom. The van der Waals surface area contributed by atoms with Gasteiger partial charge in [0.05, 0.1) is 0 Å². The Balaban J connectivity index is 2.17. The van der Waals surface area contributed by atoms with E-state index in [0.29, 0.717) is 6.04 Å². The van der Waals surface area contributed by atoms with E-state index >= 15 is 0 Å². The second-order valence-electron chi connectivity index (χ2n) is 3.90. The second-order valence-corrected chi connectivity index (χ2v) is 4.89. The van der Waals surface area contributed by atoms with Gasteiger partial charge in [0.2, 0.25) is 0 Å². The predicted octanol–water partition coefficient (Wildman–Crippen LogP) is 3.43. The van der Waals surface area contributed by atoms with Gasteiger partial charge in [-0.15, -0.1) is 0 Å². The summed E-state index contributed by atoms with van der Waals surface area (Å²) < 4.78 is 0. The fourth-order valence-corrected chi connectivity index (χ4v) is 2.01. The van der Waals surface area contributed by atoms with Crippen molar-refractivity contribution in [3.63, 3.8) is 0 Å². The highest BCUT2D eigenvalue weighted by Gasteiger charge is 1.97. The molecule has 0 saturated heterocycles. The van der Waals surface area contributed by atoms with E-state index in [4.69, 9.17) is 0 Å². The molecule has 0 aromatic heterocycles. The summed E-state index contributed by atoms with van der Waals surface area (Å²) in [6, 6.07) is 11.0. The molecule has 0 heterocycles. The number of rotatable bonds is 7. The first kappa shape index (κ1) is 13.3.